The number of Topliss-reactive ketones (excluding diaryl/α,β-unsaturated/α-hetero) is 1. The van der Waals surface area contributed by atoms with Crippen molar-refractivity contribution in [2.75, 3.05) is 20.3 Å². The van der Waals surface area contributed by atoms with Crippen molar-refractivity contribution in [3.8, 4) is 5.75 Å². The van der Waals surface area contributed by atoms with Crippen LogP contribution in [0.15, 0.2) is 35.6 Å². The summed E-state index contributed by atoms with van der Waals surface area (Å²) in [7, 11) is 1.62. The fraction of sp³-hybridized carbons (Fsp3) is 0.600. The monoisotopic (exact) mass is 427 g/mol. The fourth-order valence-electron chi connectivity index (χ4n) is 5.04. The van der Waals surface area contributed by atoms with Crippen LogP contribution in [0.2, 0.25) is 0 Å². The number of rotatable bonds is 7. The van der Waals surface area contributed by atoms with Crippen LogP contribution in [0.3, 0.4) is 0 Å². The number of ether oxygens (including phenoxy) is 3. The summed E-state index contributed by atoms with van der Waals surface area (Å²) in [5, 5.41) is 0. The molecule has 4 unspecified atom stereocenters. The van der Waals surface area contributed by atoms with Crippen LogP contribution < -0.4 is 4.74 Å². The zero-order valence-electron chi connectivity index (χ0n) is 18.9. The van der Waals surface area contributed by atoms with E-state index in [4.69, 9.17) is 14.2 Å². The Morgan fingerprint density at radius 1 is 1.16 bits per heavy atom. The van der Waals surface area contributed by atoms with Gasteiger partial charge in [0, 0.05) is 13.2 Å². The topological polar surface area (TPSA) is 65.1 Å². The van der Waals surface area contributed by atoms with E-state index < -0.39 is 6.04 Å². The van der Waals surface area contributed by atoms with Crippen LogP contribution >= 0.6 is 0 Å². The van der Waals surface area contributed by atoms with Gasteiger partial charge in [-0.2, -0.15) is 0 Å². The second kappa shape index (κ2) is 9.03. The average Bonchev–Trinajstić information content (AvgIpc) is 3.04. The van der Waals surface area contributed by atoms with Gasteiger partial charge < -0.3 is 19.1 Å². The lowest BCUT2D eigenvalue weighted by molar-refractivity contribution is -0.136. The summed E-state index contributed by atoms with van der Waals surface area (Å²) in [6.07, 6.45) is 3.36. The molecule has 2 aliphatic heterocycles. The average molecular weight is 428 g/mol. The first-order valence-electron chi connectivity index (χ1n) is 11.4. The minimum Gasteiger partial charge on any atom is -0.497 e. The molecule has 0 saturated heterocycles. The first kappa shape index (κ1) is 21.9. The number of hydrogen-bond acceptors (Lipinski definition) is 5. The third kappa shape index (κ3) is 4.22. The molecule has 1 amide bonds. The molecule has 6 heteroatoms. The third-order valence-electron chi connectivity index (χ3n) is 6.63. The molecule has 168 valence electrons. The minimum absolute atomic E-state index is 0.0906. The Labute approximate surface area is 184 Å². The Bertz CT molecular complexity index is 859. The van der Waals surface area contributed by atoms with Gasteiger partial charge in [-0.15, -0.1) is 0 Å². The van der Waals surface area contributed by atoms with Crippen molar-refractivity contribution in [2.24, 2.45) is 11.8 Å². The molecule has 4 atom stereocenters. The Morgan fingerprint density at radius 2 is 1.90 bits per heavy atom. The SMILES string of the molecule is COc1ccc(C2C3=C(OC4CCC(C)CC4C3=O)C(=O)N2CCCOC(C)C)cc1. The lowest BCUT2D eigenvalue weighted by Crippen LogP contribution is -2.41. The van der Waals surface area contributed by atoms with Gasteiger partial charge in [-0.3, -0.25) is 9.59 Å². The molecule has 1 aromatic rings. The first-order chi connectivity index (χ1) is 14.9. The number of fused-ring (bicyclic) bond motifs is 1. The van der Waals surface area contributed by atoms with Crippen molar-refractivity contribution in [3.63, 3.8) is 0 Å². The van der Waals surface area contributed by atoms with Crippen LogP contribution in [0.25, 0.3) is 0 Å². The Kier molecular flexibility index (Phi) is 6.37. The smallest absolute Gasteiger partial charge is 0.290 e. The molecule has 1 saturated carbocycles. The quantitative estimate of drug-likeness (QED) is 0.614. The molecule has 3 aliphatic rings. The molecule has 0 spiro atoms. The molecule has 6 nitrogen and oxygen atoms in total. The van der Waals surface area contributed by atoms with E-state index in [9.17, 15) is 9.59 Å². The summed E-state index contributed by atoms with van der Waals surface area (Å²) in [5.41, 5.74) is 1.44. The van der Waals surface area contributed by atoms with Crippen molar-refractivity contribution in [3.05, 3.63) is 41.2 Å². The number of methoxy groups -OCH3 is 1. The van der Waals surface area contributed by atoms with Crippen molar-refractivity contribution >= 4 is 11.7 Å². The van der Waals surface area contributed by atoms with Gasteiger partial charge in [0.05, 0.1) is 30.7 Å². The van der Waals surface area contributed by atoms with E-state index in [1.54, 1.807) is 12.0 Å². The number of nitrogens with zero attached hydrogens (tertiary/aromatic N) is 1. The molecule has 1 fully saturated rings. The van der Waals surface area contributed by atoms with E-state index in [2.05, 4.69) is 6.92 Å². The van der Waals surface area contributed by atoms with Gasteiger partial charge >= 0.3 is 0 Å². The number of hydrogen-bond donors (Lipinski definition) is 0. The molecule has 0 aromatic heterocycles. The van der Waals surface area contributed by atoms with Gasteiger partial charge in [-0.1, -0.05) is 19.1 Å². The number of ketones is 1. The molecule has 0 radical (unpaired) electrons. The summed E-state index contributed by atoms with van der Waals surface area (Å²) in [6.45, 7) is 7.26. The minimum atomic E-state index is -0.418. The van der Waals surface area contributed by atoms with E-state index >= 15 is 0 Å². The Morgan fingerprint density at radius 3 is 2.58 bits per heavy atom. The standard InChI is InChI=1S/C25H33NO5/c1-15(2)30-13-5-12-26-22(17-7-9-18(29-4)10-8-17)21-23(27)19-14-16(3)6-11-20(19)31-24(21)25(26)28/h7-10,15-16,19-20,22H,5-6,11-14H2,1-4H3. The molecule has 0 N–H and O–H groups in total. The van der Waals surface area contributed by atoms with Gasteiger partial charge in [0.2, 0.25) is 0 Å². The van der Waals surface area contributed by atoms with Crippen molar-refractivity contribution in [1.29, 1.82) is 0 Å². The first-order valence-corrected chi connectivity index (χ1v) is 11.4. The zero-order valence-corrected chi connectivity index (χ0v) is 18.9. The second-order valence-corrected chi connectivity index (χ2v) is 9.24. The normalized spacial score (nSPS) is 28.0. The highest BCUT2D eigenvalue weighted by atomic mass is 16.5. The largest absolute Gasteiger partial charge is 0.497 e. The number of amides is 1. The molecular weight excluding hydrogens is 394 g/mol. The highest BCUT2D eigenvalue weighted by Crippen LogP contribution is 2.47. The molecule has 0 bridgehead atoms. The Hall–Kier alpha value is -2.34. The van der Waals surface area contributed by atoms with Crippen molar-refractivity contribution < 1.29 is 23.8 Å². The molecule has 4 rings (SSSR count). The maximum atomic E-state index is 13.6. The van der Waals surface area contributed by atoms with E-state index in [1.165, 1.54) is 0 Å². The maximum Gasteiger partial charge on any atom is 0.290 e. The van der Waals surface area contributed by atoms with E-state index in [-0.39, 0.29) is 35.6 Å². The van der Waals surface area contributed by atoms with Gasteiger partial charge in [-0.05, 0) is 63.1 Å². The second-order valence-electron chi connectivity index (χ2n) is 9.24. The van der Waals surface area contributed by atoms with E-state index in [0.29, 0.717) is 31.1 Å². The molecular formula is C25H33NO5. The fourth-order valence-corrected chi connectivity index (χ4v) is 5.04. The predicted octanol–water partition coefficient (Wildman–Crippen LogP) is 4.05. The molecule has 2 heterocycles. The highest BCUT2D eigenvalue weighted by Gasteiger charge is 2.52. The van der Waals surface area contributed by atoms with Crippen LogP contribution in [0.4, 0.5) is 0 Å². The number of carbonyl (C=O) groups excluding carboxylic acids is 2. The van der Waals surface area contributed by atoms with E-state index in [0.717, 1.165) is 30.6 Å². The van der Waals surface area contributed by atoms with E-state index in [1.807, 2.05) is 38.1 Å². The third-order valence-corrected chi connectivity index (χ3v) is 6.63. The van der Waals surface area contributed by atoms with Crippen LogP contribution in [0.1, 0.15) is 58.1 Å². The van der Waals surface area contributed by atoms with Crippen LogP contribution in [-0.2, 0) is 19.1 Å². The van der Waals surface area contributed by atoms with Crippen molar-refractivity contribution in [2.45, 2.75) is 64.7 Å². The summed E-state index contributed by atoms with van der Waals surface area (Å²) in [4.78, 5) is 28.8. The summed E-state index contributed by atoms with van der Waals surface area (Å²) >= 11 is 0. The lowest BCUT2D eigenvalue weighted by Gasteiger charge is -2.37. The highest BCUT2D eigenvalue weighted by molar-refractivity contribution is 6.11. The van der Waals surface area contributed by atoms with Crippen LogP contribution in [0.5, 0.6) is 5.75 Å². The zero-order chi connectivity index (χ0) is 22.1. The van der Waals surface area contributed by atoms with Crippen LogP contribution in [0, 0.1) is 11.8 Å². The lowest BCUT2D eigenvalue weighted by atomic mass is 9.74. The van der Waals surface area contributed by atoms with Gasteiger partial charge in [0.25, 0.3) is 5.91 Å². The molecule has 31 heavy (non-hydrogen) atoms. The molecule has 1 aromatic carbocycles. The Balaban J connectivity index is 1.65. The van der Waals surface area contributed by atoms with Gasteiger partial charge in [0.1, 0.15) is 11.9 Å². The van der Waals surface area contributed by atoms with Crippen molar-refractivity contribution in [1.82, 2.24) is 4.90 Å². The molecule has 1 aliphatic carbocycles. The summed E-state index contributed by atoms with van der Waals surface area (Å²) in [5.74, 6) is 1.27. The number of benzene rings is 1. The summed E-state index contributed by atoms with van der Waals surface area (Å²) in [6, 6.07) is 7.20. The number of carbonyl (C=O) groups is 2. The van der Waals surface area contributed by atoms with Gasteiger partial charge in [-0.25, -0.2) is 0 Å². The summed E-state index contributed by atoms with van der Waals surface area (Å²) < 4.78 is 17.2. The van der Waals surface area contributed by atoms with Crippen LogP contribution in [-0.4, -0.2) is 49.1 Å². The maximum absolute atomic E-state index is 13.6. The predicted molar refractivity (Wildman–Crippen MR) is 117 cm³/mol. The van der Waals surface area contributed by atoms with Gasteiger partial charge in [0.15, 0.2) is 11.5 Å².